The van der Waals surface area contributed by atoms with Crippen LogP contribution in [0.5, 0.6) is 0 Å². The van der Waals surface area contributed by atoms with Gasteiger partial charge in [0.15, 0.2) is 5.78 Å². The van der Waals surface area contributed by atoms with Gasteiger partial charge in [0.25, 0.3) is 0 Å². The van der Waals surface area contributed by atoms with Crippen LogP contribution in [0.25, 0.3) is 0 Å². The summed E-state index contributed by atoms with van der Waals surface area (Å²) in [5, 5.41) is 21.4. The molecular weight excluding hydrogens is 288 g/mol. The fourth-order valence-electron chi connectivity index (χ4n) is 6.51. The molecule has 0 amide bonds. The first-order valence-corrected chi connectivity index (χ1v) is 9.01. The van der Waals surface area contributed by atoms with Gasteiger partial charge >= 0.3 is 0 Å². The topological polar surface area (TPSA) is 57.5 Å². The molecule has 0 aromatic heterocycles. The van der Waals surface area contributed by atoms with Crippen LogP contribution in [-0.4, -0.2) is 27.7 Å². The number of ketones is 1. The average Bonchev–Trinajstić information content (AvgIpc) is 2.79. The van der Waals surface area contributed by atoms with Gasteiger partial charge in [-0.25, -0.2) is 0 Å². The summed E-state index contributed by atoms with van der Waals surface area (Å²) in [5.74, 6) is 4.31. The van der Waals surface area contributed by atoms with E-state index in [4.69, 9.17) is 6.42 Å². The number of carbonyl (C=O) groups excluding carboxylic acids is 1. The molecular formula is C20H26O3. The highest BCUT2D eigenvalue weighted by molar-refractivity contribution is 5.92. The van der Waals surface area contributed by atoms with Gasteiger partial charge in [-0.3, -0.25) is 4.79 Å². The van der Waals surface area contributed by atoms with E-state index in [0.717, 1.165) is 32.1 Å². The number of fused-ring (bicyclic) bond motifs is 5. The van der Waals surface area contributed by atoms with Gasteiger partial charge in [0, 0.05) is 17.8 Å². The third-order valence-electron chi connectivity index (χ3n) is 7.71. The quantitative estimate of drug-likeness (QED) is 0.675. The van der Waals surface area contributed by atoms with E-state index in [-0.39, 0.29) is 23.5 Å². The summed E-state index contributed by atoms with van der Waals surface area (Å²) in [6.07, 6.45) is 12.8. The average molecular weight is 314 g/mol. The number of hydrogen-bond donors (Lipinski definition) is 2. The highest BCUT2D eigenvalue weighted by Gasteiger charge is 2.62. The highest BCUT2D eigenvalue weighted by atomic mass is 16.3. The number of carbonyl (C=O) groups is 1. The maximum absolute atomic E-state index is 11.8. The zero-order chi connectivity index (χ0) is 16.4. The predicted molar refractivity (Wildman–Crippen MR) is 87.3 cm³/mol. The summed E-state index contributed by atoms with van der Waals surface area (Å²) in [6.45, 7) is 2.17. The molecule has 0 radical (unpaired) electrons. The predicted octanol–water partition coefficient (Wildman–Crippen LogP) is 2.46. The van der Waals surface area contributed by atoms with Gasteiger partial charge in [-0.1, -0.05) is 18.4 Å². The lowest BCUT2D eigenvalue weighted by Gasteiger charge is -2.55. The second-order valence-corrected chi connectivity index (χ2v) is 8.46. The van der Waals surface area contributed by atoms with Crippen molar-refractivity contribution in [3.8, 4) is 12.3 Å². The molecule has 4 rings (SSSR count). The molecule has 0 aliphatic heterocycles. The Kier molecular flexibility index (Phi) is 3.31. The smallest absolute Gasteiger partial charge is 0.158 e. The number of hydrogen-bond acceptors (Lipinski definition) is 3. The van der Waals surface area contributed by atoms with Crippen LogP contribution in [0.4, 0.5) is 0 Å². The van der Waals surface area contributed by atoms with Gasteiger partial charge in [-0.2, -0.15) is 0 Å². The molecule has 124 valence electrons. The molecule has 4 aliphatic rings. The summed E-state index contributed by atoms with van der Waals surface area (Å²) in [7, 11) is 0. The van der Waals surface area contributed by atoms with Gasteiger partial charge in [0.2, 0.25) is 0 Å². The van der Waals surface area contributed by atoms with Crippen molar-refractivity contribution >= 4 is 5.78 Å². The largest absolute Gasteiger partial charge is 0.392 e. The van der Waals surface area contributed by atoms with Crippen molar-refractivity contribution in [1.29, 1.82) is 0 Å². The Bertz CT molecular complexity index is 615. The number of aliphatic hydroxyl groups excluding tert-OH is 1. The molecule has 0 saturated heterocycles. The molecule has 0 bridgehead atoms. The summed E-state index contributed by atoms with van der Waals surface area (Å²) < 4.78 is 0. The third kappa shape index (κ3) is 1.95. The van der Waals surface area contributed by atoms with E-state index in [9.17, 15) is 15.0 Å². The molecule has 0 spiro atoms. The molecule has 0 unspecified atom stereocenters. The van der Waals surface area contributed by atoms with Crippen molar-refractivity contribution in [2.75, 3.05) is 0 Å². The molecule has 2 N–H and O–H groups in total. The number of aliphatic hydroxyl groups is 2. The molecule has 0 heterocycles. The zero-order valence-corrected chi connectivity index (χ0v) is 13.8. The van der Waals surface area contributed by atoms with Crippen LogP contribution in [0.1, 0.15) is 51.9 Å². The molecule has 3 fully saturated rings. The van der Waals surface area contributed by atoms with Gasteiger partial charge in [-0.15, -0.1) is 6.42 Å². The van der Waals surface area contributed by atoms with E-state index in [1.54, 1.807) is 6.08 Å². The lowest BCUT2D eigenvalue weighted by Crippen LogP contribution is -2.53. The Morgan fingerprint density at radius 3 is 2.78 bits per heavy atom. The normalized spacial score (nSPS) is 52.0. The highest BCUT2D eigenvalue weighted by Crippen LogP contribution is 2.64. The summed E-state index contributed by atoms with van der Waals surface area (Å²) in [5.41, 5.74) is 0.00301. The molecule has 0 aromatic rings. The number of terminal acetylenes is 1. The summed E-state index contributed by atoms with van der Waals surface area (Å²) in [4.78, 5) is 11.8. The van der Waals surface area contributed by atoms with Crippen molar-refractivity contribution in [2.24, 2.45) is 29.1 Å². The van der Waals surface area contributed by atoms with Crippen molar-refractivity contribution < 1.29 is 15.0 Å². The van der Waals surface area contributed by atoms with E-state index >= 15 is 0 Å². The van der Waals surface area contributed by atoms with Crippen LogP contribution in [0.2, 0.25) is 0 Å². The number of rotatable bonds is 0. The fourth-order valence-corrected chi connectivity index (χ4v) is 6.51. The summed E-state index contributed by atoms with van der Waals surface area (Å²) >= 11 is 0. The Morgan fingerprint density at radius 1 is 1.26 bits per heavy atom. The fraction of sp³-hybridized carbons (Fsp3) is 0.750. The van der Waals surface area contributed by atoms with Gasteiger partial charge in [0.1, 0.15) is 5.60 Å². The van der Waals surface area contributed by atoms with Crippen LogP contribution in [0, 0.1) is 41.4 Å². The van der Waals surface area contributed by atoms with Crippen molar-refractivity contribution in [1.82, 2.24) is 0 Å². The Labute approximate surface area is 138 Å². The maximum Gasteiger partial charge on any atom is 0.158 e. The standard InChI is InChI=1S/C20H26O3/c1-3-20(23)9-7-16-14-5-4-12-10-13(21)11-17(22)18(12)15(14)6-8-19(16,20)2/h1,10,14-18,22-23H,4-9,11H2,2H3/t14-,15+,16+,17-,18+,19+,20+/m1/s1. The van der Waals surface area contributed by atoms with Gasteiger partial charge in [-0.05, 0) is 62.4 Å². The Hall–Kier alpha value is -1.11. The molecule has 4 aliphatic carbocycles. The maximum atomic E-state index is 11.8. The SMILES string of the molecule is C#C[C@]1(O)CC[C@H]2[C@@H]3CCC4=CC(=O)C[C@@H](O)[C@@H]4[C@H]3CC[C@@]21C. The first-order valence-electron chi connectivity index (χ1n) is 9.01. The lowest BCUT2D eigenvalue weighted by atomic mass is 9.50. The van der Waals surface area contributed by atoms with Crippen molar-refractivity contribution in [3.05, 3.63) is 11.6 Å². The van der Waals surface area contributed by atoms with E-state index in [2.05, 4.69) is 12.8 Å². The van der Waals surface area contributed by atoms with Crippen molar-refractivity contribution in [3.63, 3.8) is 0 Å². The third-order valence-corrected chi connectivity index (χ3v) is 7.71. The van der Waals surface area contributed by atoms with Crippen LogP contribution in [0.15, 0.2) is 11.6 Å². The monoisotopic (exact) mass is 314 g/mol. The minimum Gasteiger partial charge on any atom is -0.392 e. The molecule has 23 heavy (non-hydrogen) atoms. The van der Waals surface area contributed by atoms with Gasteiger partial charge < -0.3 is 10.2 Å². The van der Waals surface area contributed by atoms with Crippen molar-refractivity contribution in [2.45, 2.75) is 63.6 Å². The van der Waals surface area contributed by atoms with E-state index < -0.39 is 11.7 Å². The zero-order valence-electron chi connectivity index (χ0n) is 13.8. The minimum atomic E-state index is -0.972. The first-order chi connectivity index (χ1) is 10.9. The summed E-state index contributed by atoms with van der Waals surface area (Å²) in [6, 6.07) is 0. The van der Waals surface area contributed by atoms with Crippen LogP contribution in [0.3, 0.4) is 0 Å². The van der Waals surface area contributed by atoms with E-state index in [1.807, 2.05) is 0 Å². The Balaban J connectivity index is 1.68. The second-order valence-electron chi connectivity index (χ2n) is 8.46. The van der Waals surface area contributed by atoms with E-state index in [1.165, 1.54) is 5.57 Å². The lowest BCUT2D eigenvalue weighted by molar-refractivity contribution is -0.122. The van der Waals surface area contributed by atoms with Crippen LogP contribution >= 0.6 is 0 Å². The van der Waals surface area contributed by atoms with Gasteiger partial charge in [0.05, 0.1) is 6.10 Å². The van der Waals surface area contributed by atoms with Crippen LogP contribution in [-0.2, 0) is 4.79 Å². The Morgan fingerprint density at radius 2 is 2.04 bits per heavy atom. The molecule has 7 atom stereocenters. The van der Waals surface area contributed by atoms with Crippen LogP contribution < -0.4 is 0 Å². The minimum absolute atomic E-state index is 0.0745. The van der Waals surface area contributed by atoms with E-state index in [0.29, 0.717) is 24.2 Å². The first kappa shape index (κ1) is 15.4. The molecule has 3 heteroatoms. The second kappa shape index (κ2) is 4.94. The molecule has 3 saturated carbocycles. The molecule has 3 nitrogen and oxygen atoms in total. The molecule has 0 aromatic carbocycles.